The smallest absolute Gasteiger partial charge is 0.0991 e. The molecule has 0 unspecified atom stereocenters. The standard InChI is InChI=1S/C60H34N6/c61-33-37-17-23-55-51(29-37)53-31-39(19-25-57(53)65(55)41-9-7-27-63-35-41)43-21-22-50(45-12-2-1-11-44(43)45)60-48-15-5-3-13-46(48)59(47-14-4-6-16-49(47)60)40-20-26-58-54(32-40)52-30-38(34-62)18-24-56(52)66(58)42-10-8-28-64-36-42/h1-32,35-36H. The molecule has 0 aliphatic rings. The maximum atomic E-state index is 9.97. The highest BCUT2D eigenvalue weighted by molar-refractivity contribution is 6.25. The summed E-state index contributed by atoms with van der Waals surface area (Å²) in [6.07, 6.45) is 7.34. The lowest BCUT2D eigenvalue weighted by atomic mass is 9.83. The van der Waals surface area contributed by atoms with Crippen LogP contribution in [0.4, 0.5) is 0 Å². The average Bonchev–Trinajstić information content (AvgIpc) is 3.89. The summed E-state index contributed by atoms with van der Waals surface area (Å²) >= 11 is 0. The Labute approximate surface area is 378 Å². The van der Waals surface area contributed by atoms with Crippen LogP contribution >= 0.6 is 0 Å². The molecule has 0 saturated carbocycles. The molecule has 0 bridgehead atoms. The van der Waals surface area contributed by atoms with E-state index in [1.165, 1.54) is 43.6 Å². The predicted octanol–water partition coefficient (Wildman–Crippen LogP) is 14.9. The average molecular weight is 839 g/mol. The van der Waals surface area contributed by atoms with Gasteiger partial charge in [-0.3, -0.25) is 9.97 Å². The van der Waals surface area contributed by atoms with Gasteiger partial charge in [-0.15, -0.1) is 0 Å². The third kappa shape index (κ3) is 5.53. The summed E-state index contributed by atoms with van der Waals surface area (Å²) in [6, 6.07) is 69.0. The third-order valence-electron chi connectivity index (χ3n) is 13.3. The van der Waals surface area contributed by atoms with Crippen molar-refractivity contribution in [2.45, 2.75) is 0 Å². The van der Waals surface area contributed by atoms with E-state index in [2.05, 4.69) is 165 Å². The van der Waals surface area contributed by atoms with Gasteiger partial charge in [-0.2, -0.15) is 10.5 Å². The lowest BCUT2D eigenvalue weighted by molar-refractivity contribution is 1.14. The number of pyridine rings is 2. The number of nitrogens with zero attached hydrogens (tertiary/aromatic N) is 6. The molecule has 9 aromatic carbocycles. The van der Waals surface area contributed by atoms with E-state index in [-0.39, 0.29) is 0 Å². The van der Waals surface area contributed by atoms with Crippen LogP contribution in [0.1, 0.15) is 11.1 Å². The molecule has 0 radical (unpaired) electrons. The quantitative estimate of drug-likeness (QED) is 0.162. The van der Waals surface area contributed by atoms with E-state index in [9.17, 15) is 10.5 Å². The summed E-state index contributed by atoms with van der Waals surface area (Å²) in [7, 11) is 0. The van der Waals surface area contributed by atoms with Crippen molar-refractivity contribution in [3.05, 3.63) is 218 Å². The molecule has 0 spiro atoms. The minimum atomic E-state index is 0.625. The predicted molar refractivity (Wildman–Crippen MR) is 269 cm³/mol. The van der Waals surface area contributed by atoms with Crippen molar-refractivity contribution in [2.75, 3.05) is 0 Å². The number of nitriles is 2. The number of rotatable bonds is 5. The van der Waals surface area contributed by atoms with Crippen LogP contribution in [0.2, 0.25) is 0 Å². The van der Waals surface area contributed by atoms with Crippen LogP contribution in [0.25, 0.3) is 121 Å². The Morgan fingerprint density at radius 3 is 1.23 bits per heavy atom. The molecule has 0 fully saturated rings. The first-order valence-electron chi connectivity index (χ1n) is 21.9. The summed E-state index contributed by atoms with van der Waals surface area (Å²) in [5, 5.41) is 31.1. The van der Waals surface area contributed by atoms with Crippen molar-refractivity contribution in [3.8, 4) is 56.9 Å². The van der Waals surface area contributed by atoms with E-state index in [4.69, 9.17) is 0 Å². The van der Waals surface area contributed by atoms with Gasteiger partial charge in [0.05, 0.1) is 69.1 Å². The molecule has 4 heterocycles. The summed E-state index contributed by atoms with van der Waals surface area (Å²) < 4.78 is 4.47. The largest absolute Gasteiger partial charge is 0.308 e. The second-order valence-electron chi connectivity index (χ2n) is 16.8. The van der Waals surface area contributed by atoms with Crippen LogP contribution < -0.4 is 0 Å². The second kappa shape index (κ2) is 14.6. The van der Waals surface area contributed by atoms with Gasteiger partial charge in [-0.05, 0) is 151 Å². The van der Waals surface area contributed by atoms with E-state index in [0.29, 0.717) is 11.1 Å². The van der Waals surface area contributed by atoms with E-state index in [1.807, 2.05) is 60.9 Å². The highest BCUT2D eigenvalue weighted by atomic mass is 15.0. The Morgan fingerprint density at radius 2 is 0.742 bits per heavy atom. The molecule has 0 atom stereocenters. The Kier molecular flexibility index (Phi) is 8.24. The normalized spacial score (nSPS) is 11.6. The Hall–Kier alpha value is -9.36. The van der Waals surface area contributed by atoms with Crippen molar-refractivity contribution < 1.29 is 0 Å². The zero-order valence-corrected chi connectivity index (χ0v) is 35.3. The highest BCUT2D eigenvalue weighted by Crippen LogP contribution is 2.48. The molecule has 6 nitrogen and oxygen atoms in total. The van der Waals surface area contributed by atoms with Crippen LogP contribution in [-0.2, 0) is 0 Å². The van der Waals surface area contributed by atoms with Crippen LogP contribution in [-0.4, -0.2) is 19.1 Å². The molecule has 0 aliphatic carbocycles. The monoisotopic (exact) mass is 838 g/mol. The fourth-order valence-electron chi connectivity index (χ4n) is 10.5. The van der Waals surface area contributed by atoms with Gasteiger partial charge in [0.15, 0.2) is 0 Å². The maximum absolute atomic E-state index is 9.97. The van der Waals surface area contributed by atoms with E-state index < -0.39 is 0 Å². The van der Waals surface area contributed by atoms with Gasteiger partial charge >= 0.3 is 0 Å². The number of hydrogen-bond acceptors (Lipinski definition) is 4. The first kappa shape index (κ1) is 37.2. The molecule has 66 heavy (non-hydrogen) atoms. The van der Waals surface area contributed by atoms with E-state index in [1.54, 1.807) is 12.4 Å². The molecule has 0 N–H and O–H groups in total. The summed E-state index contributed by atoms with van der Waals surface area (Å²) in [6.45, 7) is 0. The van der Waals surface area contributed by atoms with E-state index in [0.717, 1.165) is 77.1 Å². The van der Waals surface area contributed by atoms with Crippen LogP contribution in [0.3, 0.4) is 0 Å². The third-order valence-corrected chi connectivity index (χ3v) is 13.3. The lowest BCUT2D eigenvalue weighted by Crippen LogP contribution is -1.94. The van der Waals surface area contributed by atoms with Gasteiger partial charge in [0.2, 0.25) is 0 Å². The van der Waals surface area contributed by atoms with Gasteiger partial charge < -0.3 is 9.13 Å². The fraction of sp³-hybridized carbons (Fsp3) is 0. The molecule has 0 saturated heterocycles. The van der Waals surface area contributed by atoms with Crippen molar-refractivity contribution in [1.29, 1.82) is 10.5 Å². The van der Waals surface area contributed by atoms with Crippen molar-refractivity contribution in [1.82, 2.24) is 19.1 Å². The van der Waals surface area contributed by atoms with Gasteiger partial charge in [0.25, 0.3) is 0 Å². The topological polar surface area (TPSA) is 83.2 Å². The molecule has 0 amide bonds. The molecule has 4 aromatic heterocycles. The van der Waals surface area contributed by atoms with E-state index >= 15 is 0 Å². The summed E-state index contributed by atoms with van der Waals surface area (Å²) in [4.78, 5) is 8.88. The SMILES string of the molecule is N#Cc1ccc2c(c1)c1cc(-c3ccc(-c4c5ccccc5c(-c5ccc6c(c5)c5cc(C#N)ccc5n6-c5cccnc5)c5ccccc45)c4ccccc34)ccc1n2-c1cccnc1. The Morgan fingerprint density at radius 1 is 0.333 bits per heavy atom. The van der Waals surface area contributed by atoms with Gasteiger partial charge in [-0.25, -0.2) is 0 Å². The van der Waals surface area contributed by atoms with Crippen LogP contribution in [0.5, 0.6) is 0 Å². The molecule has 304 valence electrons. The van der Waals surface area contributed by atoms with Gasteiger partial charge in [-0.1, -0.05) is 97.1 Å². The van der Waals surface area contributed by atoms with Crippen LogP contribution in [0.15, 0.2) is 207 Å². The zero-order chi connectivity index (χ0) is 43.9. The maximum Gasteiger partial charge on any atom is 0.0991 e. The number of aromatic nitrogens is 4. The van der Waals surface area contributed by atoms with Crippen molar-refractivity contribution in [3.63, 3.8) is 0 Å². The second-order valence-corrected chi connectivity index (χ2v) is 16.8. The molecule has 0 aliphatic heterocycles. The molecular weight excluding hydrogens is 805 g/mol. The molecule has 13 rings (SSSR count). The molecular formula is C60H34N6. The first-order chi connectivity index (χ1) is 32.7. The number of hydrogen-bond donors (Lipinski definition) is 0. The first-order valence-corrected chi connectivity index (χ1v) is 21.9. The highest BCUT2D eigenvalue weighted by Gasteiger charge is 2.22. The molecule has 13 aromatic rings. The lowest BCUT2D eigenvalue weighted by Gasteiger charge is -2.20. The summed E-state index contributed by atoms with van der Waals surface area (Å²) in [5.74, 6) is 0. The Bertz CT molecular complexity index is 4190. The fourth-order valence-corrected chi connectivity index (χ4v) is 10.5. The zero-order valence-electron chi connectivity index (χ0n) is 35.3. The number of benzene rings is 9. The van der Waals surface area contributed by atoms with Crippen LogP contribution in [0, 0.1) is 22.7 Å². The van der Waals surface area contributed by atoms with Gasteiger partial charge in [0, 0.05) is 33.9 Å². The number of fused-ring (bicyclic) bond motifs is 9. The van der Waals surface area contributed by atoms with Gasteiger partial charge in [0.1, 0.15) is 0 Å². The minimum absolute atomic E-state index is 0.625. The van der Waals surface area contributed by atoms with Crippen molar-refractivity contribution in [2.24, 2.45) is 0 Å². The van der Waals surface area contributed by atoms with Crippen molar-refractivity contribution >= 4 is 75.9 Å². The minimum Gasteiger partial charge on any atom is -0.308 e. The Balaban J connectivity index is 1.02. The summed E-state index contributed by atoms with van der Waals surface area (Å²) in [5.41, 5.74) is 14.2. The molecule has 6 heteroatoms.